The standard InChI is InChI=1S/C16H13N5O.C14H26N2/c1-11-15(7-12(10-22)8-19-11)21-16-18-6-4-14(20-16)13-3-2-5-17-9-13;1-5-16(4)11-10-12(2)13-6-8-14(15-3)9-7-13/h2-10H,1H3,(H,18,20,21);6,8,12,15H,5,7,9-11H2,1-4H3. The molecule has 2 N–H and O–H groups in total. The summed E-state index contributed by atoms with van der Waals surface area (Å²) in [5, 5.41) is 6.32. The fourth-order valence-electron chi connectivity index (χ4n) is 3.98. The van der Waals surface area contributed by atoms with Gasteiger partial charge in [-0.1, -0.05) is 25.5 Å². The Labute approximate surface area is 226 Å². The van der Waals surface area contributed by atoms with E-state index in [4.69, 9.17) is 0 Å². The number of nitrogens with one attached hydrogen (secondary N) is 2. The van der Waals surface area contributed by atoms with E-state index >= 15 is 0 Å². The second-order valence-electron chi connectivity index (χ2n) is 9.42. The molecule has 0 saturated heterocycles. The van der Waals surface area contributed by atoms with Crippen LogP contribution >= 0.6 is 0 Å². The SMILES string of the molecule is CCN(C)CCC(C)C1=CC=C(NC)CC1.Cc1ncc(C=O)cc1Nc1nccc(-c2cccnc2)n1. The number of hydrogen-bond donors (Lipinski definition) is 2. The number of rotatable bonds is 10. The molecule has 3 aromatic heterocycles. The third-order valence-electron chi connectivity index (χ3n) is 6.72. The van der Waals surface area contributed by atoms with E-state index < -0.39 is 0 Å². The molecule has 0 bridgehead atoms. The smallest absolute Gasteiger partial charge is 0.227 e. The van der Waals surface area contributed by atoms with Crippen molar-refractivity contribution in [3.63, 3.8) is 0 Å². The van der Waals surface area contributed by atoms with E-state index in [0.717, 1.165) is 35.7 Å². The summed E-state index contributed by atoms with van der Waals surface area (Å²) < 4.78 is 0. The highest BCUT2D eigenvalue weighted by molar-refractivity contribution is 5.77. The Kier molecular flexibility index (Phi) is 11.1. The van der Waals surface area contributed by atoms with Gasteiger partial charge in [0.15, 0.2) is 6.29 Å². The Bertz CT molecular complexity index is 1240. The van der Waals surface area contributed by atoms with E-state index in [1.165, 1.54) is 37.7 Å². The molecule has 0 aliphatic heterocycles. The van der Waals surface area contributed by atoms with E-state index in [1.807, 2.05) is 32.2 Å². The lowest BCUT2D eigenvalue weighted by atomic mass is 9.90. The maximum absolute atomic E-state index is 10.9. The Morgan fingerprint density at radius 1 is 1.13 bits per heavy atom. The summed E-state index contributed by atoms with van der Waals surface area (Å²) in [4.78, 5) is 30.1. The minimum Gasteiger partial charge on any atom is -0.391 e. The number of nitrogens with zero attached hydrogens (tertiary/aromatic N) is 5. The van der Waals surface area contributed by atoms with Crippen LogP contribution in [-0.4, -0.2) is 58.3 Å². The van der Waals surface area contributed by atoms with Crippen molar-refractivity contribution in [2.75, 3.05) is 32.5 Å². The second kappa shape index (κ2) is 14.7. The lowest BCUT2D eigenvalue weighted by Crippen LogP contribution is -2.21. The topological polar surface area (TPSA) is 95.9 Å². The fraction of sp³-hybridized carbons (Fsp3) is 0.367. The van der Waals surface area contributed by atoms with Gasteiger partial charge in [0.25, 0.3) is 0 Å². The van der Waals surface area contributed by atoms with Crippen molar-refractivity contribution in [2.45, 2.75) is 40.0 Å². The summed E-state index contributed by atoms with van der Waals surface area (Å²) >= 11 is 0. The predicted molar refractivity (Wildman–Crippen MR) is 154 cm³/mol. The van der Waals surface area contributed by atoms with Gasteiger partial charge in [0, 0.05) is 48.7 Å². The van der Waals surface area contributed by atoms with Crippen molar-refractivity contribution in [3.8, 4) is 11.3 Å². The fourth-order valence-corrected chi connectivity index (χ4v) is 3.98. The molecular formula is C30H39N7O. The number of allylic oxidation sites excluding steroid dienone is 4. The van der Waals surface area contributed by atoms with E-state index in [1.54, 1.807) is 30.2 Å². The molecule has 1 unspecified atom stereocenters. The van der Waals surface area contributed by atoms with Crippen molar-refractivity contribution in [3.05, 3.63) is 83.7 Å². The zero-order chi connectivity index (χ0) is 27.3. The number of hydrogen-bond acceptors (Lipinski definition) is 8. The highest BCUT2D eigenvalue weighted by Crippen LogP contribution is 2.25. The Balaban J connectivity index is 0.000000223. The Morgan fingerprint density at radius 3 is 2.63 bits per heavy atom. The zero-order valence-corrected chi connectivity index (χ0v) is 23.1. The van der Waals surface area contributed by atoms with Gasteiger partial charge in [-0.15, -0.1) is 0 Å². The predicted octanol–water partition coefficient (Wildman–Crippen LogP) is 5.59. The highest BCUT2D eigenvalue weighted by Gasteiger charge is 2.12. The number of aromatic nitrogens is 4. The first-order valence-electron chi connectivity index (χ1n) is 13.1. The normalized spacial score (nSPS) is 13.5. The summed E-state index contributed by atoms with van der Waals surface area (Å²) in [5.41, 5.74) is 6.61. The van der Waals surface area contributed by atoms with Crippen molar-refractivity contribution >= 4 is 17.9 Å². The molecule has 8 nitrogen and oxygen atoms in total. The van der Waals surface area contributed by atoms with Crippen molar-refractivity contribution in [2.24, 2.45) is 5.92 Å². The molecule has 4 rings (SSSR count). The molecule has 3 aromatic rings. The summed E-state index contributed by atoms with van der Waals surface area (Å²) in [5.74, 6) is 1.16. The molecule has 0 saturated carbocycles. The third kappa shape index (κ3) is 8.59. The van der Waals surface area contributed by atoms with E-state index in [0.29, 0.717) is 17.2 Å². The first-order valence-corrected chi connectivity index (χ1v) is 13.1. The van der Waals surface area contributed by atoms with Crippen LogP contribution in [0.4, 0.5) is 11.6 Å². The zero-order valence-electron chi connectivity index (χ0n) is 23.1. The number of carbonyl (C=O) groups is 1. The maximum Gasteiger partial charge on any atom is 0.227 e. The van der Waals surface area contributed by atoms with Gasteiger partial charge in [-0.2, -0.15) is 0 Å². The third-order valence-corrected chi connectivity index (χ3v) is 6.72. The number of carbonyl (C=O) groups excluding carboxylic acids is 1. The van der Waals surface area contributed by atoms with Gasteiger partial charge < -0.3 is 15.5 Å². The number of aldehydes is 1. The monoisotopic (exact) mass is 513 g/mol. The molecule has 1 aliphatic rings. The summed E-state index contributed by atoms with van der Waals surface area (Å²) in [6, 6.07) is 7.32. The average Bonchev–Trinajstić information content (AvgIpc) is 2.97. The molecule has 3 heterocycles. The van der Waals surface area contributed by atoms with Gasteiger partial charge in [0.2, 0.25) is 5.95 Å². The molecule has 200 valence electrons. The number of aryl methyl sites for hydroxylation is 1. The van der Waals surface area contributed by atoms with Crippen LogP contribution < -0.4 is 10.6 Å². The van der Waals surface area contributed by atoms with Crippen LogP contribution in [0.3, 0.4) is 0 Å². The number of pyridine rings is 2. The van der Waals surface area contributed by atoms with Gasteiger partial charge in [-0.05, 0) is 82.6 Å². The van der Waals surface area contributed by atoms with E-state index in [-0.39, 0.29) is 0 Å². The largest absolute Gasteiger partial charge is 0.391 e. The van der Waals surface area contributed by atoms with Crippen LogP contribution in [0.25, 0.3) is 11.3 Å². The summed E-state index contributed by atoms with van der Waals surface area (Å²) in [6.07, 6.45) is 15.6. The minimum absolute atomic E-state index is 0.439. The van der Waals surface area contributed by atoms with Gasteiger partial charge >= 0.3 is 0 Å². The van der Waals surface area contributed by atoms with Gasteiger partial charge in [-0.3, -0.25) is 14.8 Å². The Morgan fingerprint density at radius 2 is 1.97 bits per heavy atom. The lowest BCUT2D eigenvalue weighted by molar-refractivity contribution is 0.112. The van der Waals surface area contributed by atoms with Crippen molar-refractivity contribution in [1.82, 2.24) is 30.2 Å². The van der Waals surface area contributed by atoms with Gasteiger partial charge in [0.05, 0.1) is 17.1 Å². The molecule has 0 fully saturated rings. The molecule has 0 aromatic carbocycles. The van der Waals surface area contributed by atoms with E-state index in [9.17, 15) is 4.79 Å². The lowest BCUT2D eigenvalue weighted by Gasteiger charge is -2.22. The van der Waals surface area contributed by atoms with Gasteiger partial charge in [0.1, 0.15) is 0 Å². The summed E-state index contributed by atoms with van der Waals surface area (Å²) in [7, 11) is 4.20. The Hall–Kier alpha value is -3.91. The van der Waals surface area contributed by atoms with Crippen LogP contribution in [0.15, 0.2) is 72.5 Å². The van der Waals surface area contributed by atoms with Crippen LogP contribution in [0, 0.1) is 12.8 Å². The quantitative estimate of drug-likeness (QED) is 0.339. The molecule has 1 atom stereocenters. The average molecular weight is 514 g/mol. The van der Waals surface area contributed by atoms with Crippen LogP contribution in [-0.2, 0) is 0 Å². The molecule has 38 heavy (non-hydrogen) atoms. The highest BCUT2D eigenvalue weighted by atomic mass is 16.1. The summed E-state index contributed by atoms with van der Waals surface area (Å²) in [6.45, 7) is 8.77. The molecule has 8 heteroatoms. The van der Waals surface area contributed by atoms with Crippen LogP contribution in [0.2, 0.25) is 0 Å². The molecule has 0 radical (unpaired) electrons. The molecular weight excluding hydrogens is 474 g/mol. The van der Waals surface area contributed by atoms with Crippen molar-refractivity contribution < 1.29 is 4.79 Å². The molecule has 0 spiro atoms. The first kappa shape index (κ1) is 28.7. The van der Waals surface area contributed by atoms with Gasteiger partial charge in [-0.25, -0.2) is 9.97 Å². The van der Waals surface area contributed by atoms with Crippen molar-refractivity contribution in [1.29, 1.82) is 0 Å². The second-order valence-corrected chi connectivity index (χ2v) is 9.42. The number of anilines is 2. The first-order chi connectivity index (χ1) is 18.4. The van der Waals surface area contributed by atoms with Crippen LogP contribution in [0.1, 0.15) is 49.2 Å². The van der Waals surface area contributed by atoms with Crippen LogP contribution in [0.5, 0.6) is 0 Å². The van der Waals surface area contributed by atoms with E-state index in [2.05, 4.69) is 68.5 Å². The minimum atomic E-state index is 0.439. The molecule has 1 aliphatic carbocycles. The molecule has 0 amide bonds. The maximum atomic E-state index is 10.9.